The first-order valence-electron chi connectivity index (χ1n) is 5.27. The molecule has 12 heavy (non-hydrogen) atoms. The van der Waals surface area contributed by atoms with E-state index in [-0.39, 0.29) is 0 Å². The van der Waals surface area contributed by atoms with Crippen LogP contribution in [0.4, 0.5) is 0 Å². The van der Waals surface area contributed by atoms with Gasteiger partial charge in [-0.25, -0.2) is 0 Å². The van der Waals surface area contributed by atoms with Gasteiger partial charge in [0.2, 0.25) is 0 Å². The Balaban J connectivity index is 1.61. The van der Waals surface area contributed by atoms with Crippen LogP contribution >= 0.6 is 0 Å². The Hall–Kier alpha value is -0.0800. The maximum absolute atomic E-state index is 5.63. The molecule has 2 nitrogen and oxygen atoms in total. The van der Waals surface area contributed by atoms with E-state index in [2.05, 4.69) is 12.4 Å². The van der Waals surface area contributed by atoms with Crippen molar-refractivity contribution in [1.29, 1.82) is 0 Å². The number of hydrogen-bond acceptors (Lipinski definition) is 2. The largest absolute Gasteiger partial charge is 0.298 e. The summed E-state index contributed by atoms with van der Waals surface area (Å²) in [5, 5.41) is 0. The van der Waals surface area contributed by atoms with Crippen LogP contribution in [0.2, 0.25) is 0 Å². The number of hydroxylamine groups is 1. The van der Waals surface area contributed by atoms with Crippen molar-refractivity contribution in [2.24, 2.45) is 5.92 Å². The molecule has 0 aromatic heterocycles. The molecule has 0 bridgehead atoms. The fraction of sp³-hybridized carbons (Fsp3) is 1.00. The molecule has 2 fully saturated rings. The molecule has 0 aliphatic heterocycles. The molecular formula is C10H19NO. The van der Waals surface area contributed by atoms with Gasteiger partial charge >= 0.3 is 0 Å². The van der Waals surface area contributed by atoms with Gasteiger partial charge in [-0.05, 0) is 31.6 Å². The molecule has 70 valence electrons. The molecule has 0 aromatic carbocycles. The van der Waals surface area contributed by atoms with Crippen molar-refractivity contribution in [1.82, 2.24) is 5.48 Å². The molecular weight excluding hydrogens is 150 g/mol. The molecule has 2 aliphatic rings. The van der Waals surface area contributed by atoms with Crippen molar-refractivity contribution in [2.75, 3.05) is 0 Å². The van der Waals surface area contributed by atoms with Crippen LogP contribution in [0.15, 0.2) is 0 Å². The van der Waals surface area contributed by atoms with Crippen LogP contribution in [0.1, 0.15) is 45.4 Å². The summed E-state index contributed by atoms with van der Waals surface area (Å²) in [6.45, 7) is 2.29. The van der Waals surface area contributed by atoms with Gasteiger partial charge in [0.1, 0.15) is 0 Å². The molecule has 0 saturated heterocycles. The molecule has 2 atom stereocenters. The molecule has 2 aliphatic carbocycles. The smallest absolute Gasteiger partial charge is 0.0790 e. The standard InChI is InChI=1S/C10H19NO/c1-8-6-7-10(8)11-12-9-4-2-3-5-9/h8-11H,2-7H2,1H3. The zero-order valence-electron chi connectivity index (χ0n) is 7.88. The van der Waals surface area contributed by atoms with Gasteiger partial charge in [-0.2, -0.15) is 5.48 Å². The average Bonchev–Trinajstić information content (AvgIpc) is 2.54. The third-order valence-electron chi connectivity index (χ3n) is 3.31. The third kappa shape index (κ3) is 1.80. The van der Waals surface area contributed by atoms with E-state index in [4.69, 9.17) is 4.84 Å². The molecule has 0 radical (unpaired) electrons. The van der Waals surface area contributed by atoms with E-state index >= 15 is 0 Å². The molecule has 0 heterocycles. The van der Waals surface area contributed by atoms with Crippen molar-refractivity contribution in [2.45, 2.75) is 57.6 Å². The van der Waals surface area contributed by atoms with Crippen molar-refractivity contribution >= 4 is 0 Å². The molecule has 2 saturated carbocycles. The van der Waals surface area contributed by atoms with E-state index in [0.717, 1.165) is 5.92 Å². The maximum atomic E-state index is 5.63. The lowest BCUT2D eigenvalue weighted by Gasteiger charge is -2.34. The highest BCUT2D eigenvalue weighted by atomic mass is 16.7. The third-order valence-corrected chi connectivity index (χ3v) is 3.31. The highest BCUT2D eigenvalue weighted by Gasteiger charge is 2.27. The van der Waals surface area contributed by atoms with Crippen molar-refractivity contribution in [3.63, 3.8) is 0 Å². The number of hydrogen-bond donors (Lipinski definition) is 1. The van der Waals surface area contributed by atoms with Crippen molar-refractivity contribution in [3.05, 3.63) is 0 Å². The van der Waals surface area contributed by atoms with Gasteiger partial charge in [0.15, 0.2) is 0 Å². The maximum Gasteiger partial charge on any atom is 0.0790 e. The van der Waals surface area contributed by atoms with Gasteiger partial charge in [-0.3, -0.25) is 4.84 Å². The summed E-state index contributed by atoms with van der Waals surface area (Å²) >= 11 is 0. The second kappa shape index (κ2) is 3.75. The van der Waals surface area contributed by atoms with Crippen LogP contribution in [0, 0.1) is 5.92 Å². The van der Waals surface area contributed by atoms with E-state index in [0.29, 0.717) is 12.1 Å². The van der Waals surface area contributed by atoms with Gasteiger partial charge < -0.3 is 0 Å². The van der Waals surface area contributed by atoms with Crippen LogP contribution in [-0.4, -0.2) is 12.1 Å². The zero-order chi connectivity index (χ0) is 8.39. The van der Waals surface area contributed by atoms with Crippen LogP contribution in [0.25, 0.3) is 0 Å². The van der Waals surface area contributed by atoms with Crippen LogP contribution < -0.4 is 5.48 Å². The molecule has 2 heteroatoms. The summed E-state index contributed by atoms with van der Waals surface area (Å²) in [5.41, 5.74) is 3.21. The van der Waals surface area contributed by atoms with Gasteiger partial charge in [-0.1, -0.05) is 19.8 Å². The summed E-state index contributed by atoms with van der Waals surface area (Å²) in [4.78, 5) is 5.63. The van der Waals surface area contributed by atoms with E-state index in [1.807, 2.05) is 0 Å². The summed E-state index contributed by atoms with van der Waals surface area (Å²) in [5.74, 6) is 0.825. The highest BCUT2D eigenvalue weighted by Crippen LogP contribution is 2.27. The average molecular weight is 169 g/mol. The number of nitrogens with one attached hydrogen (secondary N) is 1. The first-order valence-corrected chi connectivity index (χ1v) is 5.27. The fourth-order valence-corrected chi connectivity index (χ4v) is 2.03. The van der Waals surface area contributed by atoms with E-state index in [9.17, 15) is 0 Å². The lowest BCUT2D eigenvalue weighted by molar-refractivity contribution is -0.0676. The second-order valence-corrected chi connectivity index (χ2v) is 4.30. The zero-order valence-corrected chi connectivity index (χ0v) is 7.88. The molecule has 0 spiro atoms. The second-order valence-electron chi connectivity index (χ2n) is 4.30. The predicted octanol–water partition coefficient (Wildman–Crippen LogP) is 2.25. The Bertz CT molecular complexity index is 141. The van der Waals surface area contributed by atoms with Crippen LogP contribution in [0.5, 0.6) is 0 Å². The first-order chi connectivity index (χ1) is 5.86. The fourth-order valence-electron chi connectivity index (χ4n) is 2.03. The molecule has 0 amide bonds. The summed E-state index contributed by atoms with van der Waals surface area (Å²) in [6.07, 6.45) is 8.40. The monoisotopic (exact) mass is 169 g/mol. The van der Waals surface area contributed by atoms with Gasteiger partial charge in [0, 0.05) is 6.04 Å². The Morgan fingerprint density at radius 1 is 1.08 bits per heavy atom. The summed E-state index contributed by atoms with van der Waals surface area (Å²) in [6, 6.07) is 0.644. The van der Waals surface area contributed by atoms with Gasteiger partial charge in [0.25, 0.3) is 0 Å². The molecule has 2 unspecified atom stereocenters. The predicted molar refractivity (Wildman–Crippen MR) is 48.7 cm³/mol. The van der Waals surface area contributed by atoms with Crippen molar-refractivity contribution in [3.8, 4) is 0 Å². The van der Waals surface area contributed by atoms with E-state index in [1.54, 1.807) is 0 Å². The van der Waals surface area contributed by atoms with Crippen molar-refractivity contribution < 1.29 is 4.84 Å². The first kappa shape index (κ1) is 8.52. The Morgan fingerprint density at radius 2 is 1.83 bits per heavy atom. The molecule has 2 rings (SSSR count). The van der Waals surface area contributed by atoms with E-state index < -0.39 is 0 Å². The molecule has 0 aromatic rings. The van der Waals surface area contributed by atoms with Crippen LogP contribution in [0.3, 0.4) is 0 Å². The Labute approximate surface area is 74.6 Å². The van der Waals surface area contributed by atoms with Gasteiger partial charge in [0.05, 0.1) is 6.10 Å². The number of rotatable bonds is 3. The lowest BCUT2D eigenvalue weighted by Crippen LogP contribution is -2.43. The normalized spacial score (nSPS) is 36.8. The minimum absolute atomic E-state index is 0.512. The Kier molecular flexibility index (Phi) is 2.66. The quantitative estimate of drug-likeness (QED) is 0.654. The minimum atomic E-state index is 0.512. The minimum Gasteiger partial charge on any atom is -0.298 e. The molecule has 1 N–H and O–H groups in total. The summed E-state index contributed by atoms with van der Waals surface area (Å²) < 4.78 is 0. The lowest BCUT2D eigenvalue weighted by atomic mass is 9.82. The van der Waals surface area contributed by atoms with Crippen LogP contribution in [-0.2, 0) is 4.84 Å². The van der Waals surface area contributed by atoms with E-state index in [1.165, 1.54) is 38.5 Å². The highest BCUT2D eigenvalue weighted by molar-refractivity contribution is 4.81. The topological polar surface area (TPSA) is 21.3 Å². The summed E-state index contributed by atoms with van der Waals surface area (Å²) in [7, 11) is 0. The Morgan fingerprint density at radius 3 is 2.33 bits per heavy atom. The van der Waals surface area contributed by atoms with Gasteiger partial charge in [-0.15, -0.1) is 0 Å². The SMILES string of the molecule is CC1CCC1NOC1CCCC1.